The topological polar surface area (TPSA) is 64.3 Å². The fourth-order valence-electron chi connectivity index (χ4n) is 2.55. The van der Waals surface area contributed by atoms with Crippen LogP contribution in [-0.2, 0) is 6.42 Å². The van der Waals surface area contributed by atoms with Crippen LogP contribution in [0, 0.1) is 0 Å². The molecular formula is C17H18ClF2N5O. The number of aromatic nitrogens is 4. The van der Waals surface area contributed by atoms with Gasteiger partial charge >= 0.3 is 6.11 Å². The van der Waals surface area contributed by atoms with Gasteiger partial charge in [-0.05, 0) is 31.0 Å². The molecule has 0 aliphatic heterocycles. The first-order valence-electron chi connectivity index (χ1n) is 8.10. The highest BCUT2D eigenvalue weighted by Crippen LogP contribution is 2.30. The third kappa shape index (κ3) is 3.85. The van der Waals surface area contributed by atoms with Gasteiger partial charge in [0, 0.05) is 13.0 Å². The predicted molar refractivity (Wildman–Crippen MR) is 94.9 cm³/mol. The smallest absolute Gasteiger partial charge is 0.394 e. The van der Waals surface area contributed by atoms with Crippen LogP contribution in [0.15, 0.2) is 30.6 Å². The molecule has 138 valence electrons. The number of alkyl halides is 2. The summed E-state index contributed by atoms with van der Waals surface area (Å²) >= 11 is 6.46. The molecule has 0 saturated heterocycles. The van der Waals surface area contributed by atoms with Gasteiger partial charge in [-0.15, -0.1) is 0 Å². The van der Waals surface area contributed by atoms with Crippen LogP contribution in [0.1, 0.15) is 38.1 Å². The lowest BCUT2D eigenvalue weighted by molar-refractivity contribution is -0.158. The van der Waals surface area contributed by atoms with Crippen LogP contribution < -0.4 is 10.1 Å². The fourth-order valence-corrected chi connectivity index (χ4v) is 2.86. The molecule has 2 heterocycles. The van der Waals surface area contributed by atoms with Gasteiger partial charge in [-0.1, -0.05) is 30.7 Å². The number of ether oxygens (including phenoxy) is 1. The highest BCUT2D eigenvalue weighted by molar-refractivity contribution is 6.33. The number of rotatable bonds is 6. The summed E-state index contributed by atoms with van der Waals surface area (Å²) in [5.41, 5.74) is 1.59. The minimum Gasteiger partial charge on any atom is -0.433 e. The van der Waals surface area contributed by atoms with Gasteiger partial charge in [0.2, 0.25) is 0 Å². The second-order valence-corrected chi connectivity index (χ2v) is 6.27. The number of halogens is 3. The van der Waals surface area contributed by atoms with E-state index in [-0.39, 0.29) is 11.8 Å². The minimum absolute atomic E-state index is 0.0994. The van der Waals surface area contributed by atoms with Crippen molar-refractivity contribution in [2.45, 2.75) is 39.3 Å². The van der Waals surface area contributed by atoms with E-state index in [0.29, 0.717) is 30.0 Å². The zero-order valence-corrected chi connectivity index (χ0v) is 15.3. The number of hydrogen-bond donors (Lipinski definition) is 1. The molecule has 0 radical (unpaired) electrons. The van der Waals surface area contributed by atoms with Crippen LogP contribution in [0.4, 0.5) is 14.6 Å². The van der Waals surface area contributed by atoms with E-state index in [1.165, 1.54) is 23.0 Å². The van der Waals surface area contributed by atoms with E-state index in [0.717, 1.165) is 11.3 Å². The van der Waals surface area contributed by atoms with Crippen LogP contribution in [0.25, 0.3) is 5.78 Å². The summed E-state index contributed by atoms with van der Waals surface area (Å²) in [6, 6.07) is 6.27. The van der Waals surface area contributed by atoms with Crippen molar-refractivity contribution < 1.29 is 13.5 Å². The van der Waals surface area contributed by atoms with Crippen LogP contribution in [0.5, 0.6) is 5.75 Å². The van der Waals surface area contributed by atoms with Crippen molar-refractivity contribution in [2.75, 3.05) is 5.32 Å². The van der Waals surface area contributed by atoms with Crippen molar-refractivity contribution in [1.29, 1.82) is 0 Å². The lowest BCUT2D eigenvalue weighted by Crippen LogP contribution is -2.19. The highest BCUT2D eigenvalue weighted by Gasteiger charge is 2.23. The van der Waals surface area contributed by atoms with Gasteiger partial charge < -0.3 is 10.1 Å². The van der Waals surface area contributed by atoms with E-state index in [9.17, 15) is 8.78 Å². The van der Waals surface area contributed by atoms with Gasteiger partial charge in [-0.2, -0.15) is 23.4 Å². The Bertz CT molecular complexity index is 908. The summed E-state index contributed by atoms with van der Waals surface area (Å²) < 4.78 is 31.9. The van der Waals surface area contributed by atoms with Crippen LogP contribution in [-0.4, -0.2) is 25.7 Å². The molecule has 0 saturated carbocycles. The predicted octanol–water partition coefficient (Wildman–Crippen LogP) is 4.50. The number of hydrogen-bond acceptors (Lipinski definition) is 5. The standard InChI is InChI=1S/C17H18ClF2N5O/c1-4-13-14(18)15(25-16(24-13)21-9-22-25)23-10(2)11-5-7-12(8-6-11)26-17(3,19)20/h5-10,23H,4H2,1-3H3. The Morgan fingerprint density at radius 2 is 2.00 bits per heavy atom. The second kappa shape index (κ2) is 7.03. The van der Waals surface area contributed by atoms with Gasteiger partial charge in [0.1, 0.15) is 17.1 Å². The van der Waals surface area contributed by atoms with Crippen molar-refractivity contribution in [3.05, 3.63) is 46.9 Å². The quantitative estimate of drug-likeness (QED) is 0.680. The van der Waals surface area contributed by atoms with Crippen LogP contribution in [0.3, 0.4) is 0 Å². The third-order valence-electron chi connectivity index (χ3n) is 3.80. The van der Waals surface area contributed by atoms with E-state index < -0.39 is 6.11 Å². The first-order valence-corrected chi connectivity index (χ1v) is 8.47. The molecule has 6 nitrogen and oxygen atoms in total. The molecule has 3 aromatic rings. The van der Waals surface area contributed by atoms with E-state index >= 15 is 0 Å². The van der Waals surface area contributed by atoms with Gasteiger partial charge in [-0.25, -0.2) is 4.98 Å². The molecule has 0 aliphatic rings. The molecule has 0 bridgehead atoms. The Morgan fingerprint density at radius 1 is 1.31 bits per heavy atom. The minimum atomic E-state index is -3.22. The Balaban J connectivity index is 1.86. The summed E-state index contributed by atoms with van der Waals surface area (Å²) in [6.07, 6.45) is -1.15. The van der Waals surface area contributed by atoms with Gasteiger partial charge in [-0.3, -0.25) is 0 Å². The summed E-state index contributed by atoms with van der Waals surface area (Å²) in [4.78, 5) is 8.48. The van der Waals surface area contributed by atoms with E-state index in [2.05, 4.69) is 25.1 Å². The normalized spacial score (nSPS) is 13.0. The number of benzene rings is 1. The monoisotopic (exact) mass is 381 g/mol. The molecule has 0 fully saturated rings. The van der Waals surface area contributed by atoms with Gasteiger partial charge in [0.25, 0.3) is 5.78 Å². The zero-order valence-electron chi connectivity index (χ0n) is 14.5. The Hall–Kier alpha value is -2.48. The highest BCUT2D eigenvalue weighted by atomic mass is 35.5. The molecule has 0 spiro atoms. The Labute approximate surface area is 154 Å². The zero-order chi connectivity index (χ0) is 18.9. The molecule has 2 aromatic heterocycles. The van der Waals surface area contributed by atoms with Crippen LogP contribution in [0.2, 0.25) is 5.02 Å². The number of aryl methyl sites for hydroxylation is 1. The third-order valence-corrected chi connectivity index (χ3v) is 4.20. The summed E-state index contributed by atoms with van der Waals surface area (Å²) in [5.74, 6) is 1.14. The average Bonchev–Trinajstić information content (AvgIpc) is 3.04. The van der Waals surface area contributed by atoms with Gasteiger partial charge in [0.15, 0.2) is 5.82 Å². The number of anilines is 1. The van der Waals surface area contributed by atoms with E-state index in [1.807, 2.05) is 13.8 Å². The molecule has 1 N–H and O–H groups in total. The molecule has 1 unspecified atom stereocenters. The van der Waals surface area contributed by atoms with Crippen molar-refractivity contribution in [1.82, 2.24) is 19.6 Å². The number of nitrogens with one attached hydrogen (secondary N) is 1. The lowest BCUT2D eigenvalue weighted by Gasteiger charge is -2.19. The lowest BCUT2D eigenvalue weighted by atomic mass is 10.1. The van der Waals surface area contributed by atoms with Crippen molar-refractivity contribution in [3.63, 3.8) is 0 Å². The maximum atomic E-state index is 12.9. The van der Waals surface area contributed by atoms with E-state index in [1.54, 1.807) is 12.1 Å². The summed E-state index contributed by atoms with van der Waals surface area (Å²) in [6.45, 7) is 4.58. The molecule has 3 rings (SSSR count). The SMILES string of the molecule is CCc1nc2ncnn2c(NC(C)c2ccc(OC(C)(F)F)cc2)c1Cl. The largest absolute Gasteiger partial charge is 0.433 e. The van der Waals surface area contributed by atoms with Crippen molar-refractivity contribution >= 4 is 23.2 Å². The molecule has 0 amide bonds. The molecule has 9 heteroatoms. The molecule has 1 atom stereocenters. The van der Waals surface area contributed by atoms with Crippen molar-refractivity contribution in [3.8, 4) is 5.75 Å². The number of nitrogens with zero attached hydrogens (tertiary/aromatic N) is 4. The first kappa shape index (κ1) is 18.3. The second-order valence-electron chi connectivity index (χ2n) is 5.89. The van der Waals surface area contributed by atoms with Gasteiger partial charge in [0.05, 0.1) is 5.69 Å². The van der Waals surface area contributed by atoms with Crippen LogP contribution >= 0.6 is 11.6 Å². The molecule has 0 aliphatic carbocycles. The first-order chi connectivity index (χ1) is 12.3. The Kier molecular flexibility index (Phi) is 4.95. The maximum Gasteiger partial charge on any atom is 0.394 e. The number of fused-ring (bicyclic) bond motifs is 1. The summed E-state index contributed by atoms with van der Waals surface area (Å²) in [7, 11) is 0. The van der Waals surface area contributed by atoms with Crippen molar-refractivity contribution in [2.24, 2.45) is 0 Å². The maximum absolute atomic E-state index is 12.9. The van der Waals surface area contributed by atoms with E-state index in [4.69, 9.17) is 11.6 Å². The summed E-state index contributed by atoms with van der Waals surface area (Å²) in [5, 5.41) is 7.92. The average molecular weight is 382 g/mol. The molecular weight excluding hydrogens is 364 g/mol. The fraction of sp³-hybridized carbons (Fsp3) is 0.353. The molecule has 26 heavy (non-hydrogen) atoms. The molecule has 1 aromatic carbocycles. The Morgan fingerprint density at radius 3 is 2.62 bits per heavy atom.